The van der Waals surface area contributed by atoms with E-state index in [9.17, 15) is 0 Å². The summed E-state index contributed by atoms with van der Waals surface area (Å²) in [4.78, 5) is 18.7. The van der Waals surface area contributed by atoms with E-state index in [0.717, 1.165) is 39.0 Å². The molecule has 0 atom stereocenters. The van der Waals surface area contributed by atoms with Crippen molar-refractivity contribution in [3.8, 4) is 28.2 Å². The van der Waals surface area contributed by atoms with Gasteiger partial charge in [0.2, 0.25) is 0 Å². The first kappa shape index (κ1) is 23.7. The molecule has 0 amide bonds. The summed E-state index contributed by atoms with van der Waals surface area (Å²) in [6, 6.07) is 45.2. The summed E-state index contributed by atoms with van der Waals surface area (Å²) >= 11 is 0. The molecule has 0 unspecified atom stereocenters. The van der Waals surface area contributed by atoms with Crippen LogP contribution in [-0.4, -0.2) is 24.5 Å². The van der Waals surface area contributed by atoms with Gasteiger partial charge in [0.25, 0.3) is 0 Å². The third-order valence-electron chi connectivity index (χ3n) is 8.26. The molecular formula is C38H23N5. The second kappa shape index (κ2) is 9.29. The van der Waals surface area contributed by atoms with Crippen LogP contribution in [0.2, 0.25) is 0 Å². The fourth-order valence-corrected chi connectivity index (χ4v) is 6.25. The Balaban J connectivity index is 1.23. The highest BCUT2D eigenvalue weighted by Crippen LogP contribution is 2.37. The molecule has 0 saturated heterocycles. The Bertz CT molecular complexity index is 2510. The van der Waals surface area contributed by atoms with Crippen molar-refractivity contribution in [1.29, 1.82) is 0 Å². The summed E-state index contributed by atoms with van der Waals surface area (Å²) in [7, 11) is 0. The third kappa shape index (κ3) is 3.79. The highest BCUT2D eigenvalue weighted by atomic mass is 15.0. The molecule has 0 aliphatic rings. The molecule has 200 valence electrons. The largest absolute Gasteiger partial charge is 0.309 e. The zero-order chi connectivity index (χ0) is 28.3. The fraction of sp³-hybridized carbons (Fsp3) is 0. The van der Waals surface area contributed by atoms with Gasteiger partial charge in [0.15, 0.2) is 11.3 Å². The van der Waals surface area contributed by atoms with Gasteiger partial charge >= 0.3 is 0 Å². The minimum Gasteiger partial charge on any atom is -0.309 e. The molecule has 0 bridgehead atoms. The SMILES string of the molecule is c1ccc(-c2nc3nccnc3nc2-c2ccc3cc(-n4c5ccccc5c5cc6ccccc6cc54)ccc3c2)cc1. The van der Waals surface area contributed by atoms with Crippen molar-refractivity contribution in [3.63, 3.8) is 0 Å². The minimum absolute atomic E-state index is 0.534. The molecule has 0 fully saturated rings. The van der Waals surface area contributed by atoms with Gasteiger partial charge in [-0.1, -0.05) is 91.0 Å². The van der Waals surface area contributed by atoms with Crippen LogP contribution >= 0.6 is 0 Å². The van der Waals surface area contributed by atoms with E-state index in [1.807, 2.05) is 18.2 Å². The molecule has 0 saturated carbocycles. The molecule has 5 nitrogen and oxygen atoms in total. The average molecular weight is 550 g/mol. The van der Waals surface area contributed by atoms with E-state index in [4.69, 9.17) is 9.97 Å². The molecule has 6 aromatic carbocycles. The van der Waals surface area contributed by atoms with Gasteiger partial charge in [0.1, 0.15) is 0 Å². The van der Waals surface area contributed by atoms with Crippen LogP contribution < -0.4 is 0 Å². The highest BCUT2D eigenvalue weighted by molar-refractivity contribution is 6.13. The standard InChI is InChI=1S/C38H23N5/c1-2-8-24(9-3-1)35-36(42-38-37(41-35)39-18-19-40-38)29-15-14-28-21-30(17-16-27(28)20-29)43-33-13-7-6-12-31(33)32-22-25-10-4-5-11-26(25)23-34(32)43/h1-23H. The Labute approximate surface area is 246 Å². The lowest BCUT2D eigenvalue weighted by Gasteiger charge is -2.12. The molecule has 5 heteroatoms. The normalized spacial score (nSPS) is 11.7. The van der Waals surface area contributed by atoms with Crippen LogP contribution in [0.25, 0.3) is 82.8 Å². The molecule has 9 rings (SSSR count). The van der Waals surface area contributed by atoms with Gasteiger partial charge in [-0.15, -0.1) is 0 Å². The monoisotopic (exact) mass is 549 g/mol. The third-order valence-corrected chi connectivity index (χ3v) is 8.26. The predicted octanol–water partition coefficient (Wildman–Crippen LogP) is 9.16. The molecule has 0 aliphatic carbocycles. The van der Waals surface area contributed by atoms with Gasteiger partial charge in [0, 0.05) is 40.0 Å². The Hall–Kier alpha value is -5.94. The average Bonchev–Trinajstić information content (AvgIpc) is 3.39. The summed E-state index contributed by atoms with van der Waals surface area (Å²) in [5.74, 6) is 0. The molecule has 0 N–H and O–H groups in total. The first-order valence-corrected chi connectivity index (χ1v) is 14.3. The van der Waals surface area contributed by atoms with Gasteiger partial charge in [-0.25, -0.2) is 19.9 Å². The summed E-state index contributed by atoms with van der Waals surface area (Å²) < 4.78 is 2.38. The zero-order valence-electron chi connectivity index (χ0n) is 23.0. The number of hydrogen-bond donors (Lipinski definition) is 0. The number of para-hydroxylation sites is 1. The maximum atomic E-state index is 4.94. The number of nitrogens with zero attached hydrogens (tertiary/aromatic N) is 5. The molecule has 0 spiro atoms. The first-order chi connectivity index (χ1) is 21.3. The fourth-order valence-electron chi connectivity index (χ4n) is 6.25. The minimum atomic E-state index is 0.534. The van der Waals surface area contributed by atoms with Crippen LogP contribution in [0.1, 0.15) is 0 Å². The second-order valence-electron chi connectivity index (χ2n) is 10.8. The van der Waals surface area contributed by atoms with Gasteiger partial charge in [0.05, 0.1) is 22.4 Å². The Morgan fingerprint density at radius 2 is 1.05 bits per heavy atom. The summed E-state index contributed by atoms with van der Waals surface area (Å²) in [6.07, 6.45) is 3.31. The predicted molar refractivity (Wildman–Crippen MR) is 175 cm³/mol. The van der Waals surface area contributed by atoms with Crippen LogP contribution in [0.4, 0.5) is 0 Å². The maximum absolute atomic E-state index is 4.94. The summed E-state index contributed by atoms with van der Waals surface area (Å²) in [5, 5.41) is 7.29. The molecule has 43 heavy (non-hydrogen) atoms. The lowest BCUT2D eigenvalue weighted by atomic mass is 10.0. The van der Waals surface area contributed by atoms with Crippen LogP contribution in [0.5, 0.6) is 0 Å². The smallest absolute Gasteiger partial charge is 0.198 e. The molecule has 3 aromatic heterocycles. The molecule has 0 aliphatic heterocycles. The van der Waals surface area contributed by atoms with Crippen molar-refractivity contribution < 1.29 is 0 Å². The van der Waals surface area contributed by atoms with Gasteiger partial charge in [-0.05, 0) is 57.9 Å². The van der Waals surface area contributed by atoms with Crippen molar-refractivity contribution in [2.45, 2.75) is 0 Å². The lowest BCUT2D eigenvalue weighted by Crippen LogP contribution is -1.98. The lowest BCUT2D eigenvalue weighted by molar-refractivity contribution is 1.16. The Morgan fingerprint density at radius 1 is 0.419 bits per heavy atom. The first-order valence-electron chi connectivity index (χ1n) is 14.3. The number of aromatic nitrogens is 5. The molecule has 0 radical (unpaired) electrons. The van der Waals surface area contributed by atoms with Crippen LogP contribution in [0.3, 0.4) is 0 Å². The van der Waals surface area contributed by atoms with Crippen molar-refractivity contribution >= 4 is 54.6 Å². The zero-order valence-corrected chi connectivity index (χ0v) is 23.0. The topological polar surface area (TPSA) is 56.5 Å². The van der Waals surface area contributed by atoms with Gasteiger partial charge in [-0.2, -0.15) is 0 Å². The highest BCUT2D eigenvalue weighted by Gasteiger charge is 2.16. The maximum Gasteiger partial charge on any atom is 0.198 e. The van der Waals surface area contributed by atoms with Crippen LogP contribution in [0.15, 0.2) is 140 Å². The van der Waals surface area contributed by atoms with Crippen LogP contribution in [0, 0.1) is 0 Å². The second-order valence-corrected chi connectivity index (χ2v) is 10.8. The van der Waals surface area contributed by atoms with Gasteiger partial charge in [-0.3, -0.25) is 0 Å². The van der Waals surface area contributed by atoms with E-state index < -0.39 is 0 Å². The van der Waals surface area contributed by atoms with Crippen molar-refractivity contribution in [2.24, 2.45) is 0 Å². The Morgan fingerprint density at radius 3 is 1.86 bits per heavy atom. The summed E-state index contributed by atoms with van der Waals surface area (Å²) in [5.41, 5.74) is 8.17. The van der Waals surface area contributed by atoms with E-state index in [2.05, 4.69) is 124 Å². The number of benzene rings is 6. The van der Waals surface area contributed by atoms with Crippen molar-refractivity contribution in [2.75, 3.05) is 0 Å². The van der Waals surface area contributed by atoms with Crippen LogP contribution in [-0.2, 0) is 0 Å². The van der Waals surface area contributed by atoms with E-state index in [0.29, 0.717) is 11.3 Å². The number of fused-ring (bicyclic) bond motifs is 6. The number of hydrogen-bond acceptors (Lipinski definition) is 4. The van der Waals surface area contributed by atoms with E-state index in [1.54, 1.807) is 12.4 Å². The Kier molecular flexibility index (Phi) is 5.13. The summed E-state index contributed by atoms with van der Waals surface area (Å²) in [6.45, 7) is 0. The van der Waals surface area contributed by atoms with E-state index in [-0.39, 0.29) is 0 Å². The number of rotatable bonds is 3. The molecule has 9 aromatic rings. The van der Waals surface area contributed by atoms with E-state index in [1.165, 1.54) is 32.6 Å². The van der Waals surface area contributed by atoms with Crippen molar-refractivity contribution in [3.05, 3.63) is 140 Å². The van der Waals surface area contributed by atoms with Crippen molar-refractivity contribution in [1.82, 2.24) is 24.5 Å². The quantitative estimate of drug-likeness (QED) is 0.220. The van der Waals surface area contributed by atoms with Gasteiger partial charge < -0.3 is 4.57 Å². The molecule has 3 heterocycles. The van der Waals surface area contributed by atoms with E-state index >= 15 is 0 Å². The molecular weight excluding hydrogens is 526 g/mol.